The van der Waals surface area contributed by atoms with Gasteiger partial charge >= 0.3 is 5.97 Å². The van der Waals surface area contributed by atoms with Crippen LogP contribution in [0.5, 0.6) is 0 Å². The van der Waals surface area contributed by atoms with Crippen molar-refractivity contribution in [3.05, 3.63) is 29.3 Å². The molecular weight excluding hydrogens is 302 g/mol. The smallest absolute Gasteiger partial charge is 0.337 e. The van der Waals surface area contributed by atoms with Gasteiger partial charge in [0.1, 0.15) is 0 Å². The predicted octanol–water partition coefficient (Wildman–Crippen LogP) is 2.67. The Hall–Kier alpha value is -1.56. The molecule has 22 heavy (non-hydrogen) atoms. The van der Waals surface area contributed by atoms with Gasteiger partial charge in [0.15, 0.2) is 0 Å². The van der Waals surface area contributed by atoms with Gasteiger partial charge in [-0.2, -0.15) is 0 Å². The molecule has 0 N–H and O–H groups in total. The number of rotatable bonds is 3. The van der Waals surface area contributed by atoms with E-state index in [-0.39, 0.29) is 5.75 Å². The third-order valence-electron chi connectivity index (χ3n) is 4.58. The van der Waals surface area contributed by atoms with Crippen molar-refractivity contribution in [2.24, 2.45) is 0 Å². The Labute approximate surface area is 131 Å². The summed E-state index contributed by atoms with van der Waals surface area (Å²) >= 11 is 0. The number of carbonyl (C=O) groups is 1. The predicted molar refractivity (Wildman–Crippen MR) is 84.7 cm³/mol. The quantitative estimate of drug-likeness (QED) is 0.802. The fraction of sp³-hybridized carbons (Fsp3) is 0.562. The summed E-state index contributed by atoms with van der Waals surface area (Å²) in [5.41, 5.74) is 2.09. The van der Waals surface area contributed by atoms with Gasteiger partial charge in [-0.3, -0.25) is 4.31 Å². The summed E-state index contributed by atoms with van der Waals surface area (Å²) in [6.45, 7) is 0.483. The van der Waals surface area contributed by atoms with Gasteiger partial charge in [-0.25, -0.2) is 13.2 Å². The minimum absolute atomic E-state index is 0.175. The van der Waals surface area contributed by atoms with Crippen LogP contribution in [0.15, 0.2) is 18.2 Å². The number of benzene rings is 1. The van der Waals surface area contributed by atoms with Crippen LogP contribution < -0.4 is 4.31 Å². The standard InChI is InChI=1S/C16H21NO4S/c1-21-16(18)14-9-13(12-5-2-3-6-12)10-15(11-14)17-7-4-8-22(17,19)20/h9-12H,2-8H2,1H3. The Morgan fingerprint density at radius 2 is 1.91 bits per heavy atom. The number of hydrogen-bond donors (Lipinski definition) is 0. The lowest BCUT2D eigenvalue weighted by atomic mass is 9.95. The minimum atomic E-state index is -3.25. The summed E-state index contributed by atoms with van der Waals surface area (Å²) in [6.07, 6.45) is 5.19. The summed E-state index contributed by atoms with van der Waals surface area (Å²) < 4.78 is 30.6. The van der Waals surface area contributed by atoms with Gasteiger partial charge in [-0.1, -0.05) is 12.8 Å². The second-order valence-corrected chi connectivity index (χ2v) is 8.04. The van der Waals surface area contributed by atoms with E-state index in [1.807, 2.05) is 12.1 Å². The highest BCUT2D eigenvalue weighted by Crippen LogP contribution is 2.37. The number of nitrogens with zero attached hydrogens (tertiary/aromatic N) is 1. The number of hydrogen-bond acceptors (Lipinski definition) is 4. The van der Waals surface area contributed by atoms with Crippen LogP contribution in [0.4, 0.5) is 5.69 Å². The van der Waals surface area contributed by atoms with Crippen molar-refractivity contribution >= 4 is 21.7 Å². The van der Waals surface area contributed by atoms with Gasteiger partial charge in [0.25, 0.3) is 0 Å². The SMILES string of the molecule is COC(=O)c1cc(C2CCCC2)cc(N2CCCS2(=O)=O)c1. The van der Waals surface area contributed by atoms with E-state index in [9.17, 15) is 13.2 Å². The first kappa shape index (κ1) is 15.3. The Morgan fingerprint density at radius 1 is 1.18 bits per heavy atom. The van der Waals surface area contributed by atoms with Crippen molar-refractivity contribution in [1.82, 2.24) is 0 Å². The average molecular weight is 323 g/mol. The van der Waals surface area contributed by atoms with Crippen LogP contribution in [0.1, 0.15) is 53.9 Å². The van der Waals surface area contributed by atoms with E-state index in [1.165, 1.54) is 24.3 Å². The second-order valence-electron chi connectivity index (χ2n) is 6.03. The lowest BCUT2D eigenvalue weighted by Crippen LogP contribution is -2.25. The minimum Gasteiger partial charge on any atom is -0.465 e. The van der Waals surface area contributed by atoms with Gasteiger partial charge in [-0.15, -0.1) is 0 Å². The van der Waals surface area contributed by atoms with Crippen molar-refractivity contribution in [1.29, 1.82) is 0 Å². The van der Waals surface area contributed by atoms with Crippen LogP contribution in [0.25, 0.3) is 0 Å². The van der Waals surface area contributed by atoms with E-state index < -0.39 is 16.0 Å². The molecule has 0 aromatic heterocycles. The number of ether oxygens (including phenoxy) is 1. The van der Waals surface area contributed by atoms with Gasteiger partial charge in [0, 0.05) is 6.54 Å². The lowest BCUT2D eigenvalue weighted by Gasteiger charge is -2.20. The molecule has 1 aromatic rings. The molecule has 6 heteroatoms. The highest BCUT2D eigenvalue weighted by Gasteiger charge is 2.30. The largest absolute Gasteiger partial charge is 0.465 e. The average Bonchev–Trinajstić information content (AvgIpc) is 3.15. The molecule has 120 valence electrons. The number of methoxy groups -OCH3 is 1. The summed E-state index contributed by atoms with van der Waals surface area (Å²) in [5, 5.41) is 0. The van der Waals surface area contributed by atoms with Crippen molar-refractivity contribution in [3.8, 4) is 0 Å². The molecule has 0 amide bonds. The maximum Gasteiger partial charge on any atom is 0.337 e. The van der Waals surface area contributed by atoms with Crippen LogP contribution in [0.2, 0.25) is 0 Å². The molecule has 0 spiro atoms. The third-order valence-corrected chi connectivity index (χ3v) is 6.44. The topological polar surface area (TPSA) is 63.7 Å². The molecule has 1 saturated carbocycles. The number of sulfonamides is 1. The zero-order valence-electron chi connectivity index (χ0n) is 12.7. The van der Waals surface area contributed by atoms with Crippen molar-refractivity contribution in [2.45, 2.75) is 38.0 Å². The molecule has 1 aromatic carbocycles. The maximum atomic E-state index is 12.2. The molecule has 3 rings (SSSR count). The molecular formula is C16H21NO4S. The normalized spacial score (nSPS) is 21.2. The third kappa shape index (κ3) is 2.84. The van der Waals surface area contributed by atoms with Crippen LogP contribution in [-0.4, -0.2) is 33.8 Å². The van der Waals surface area contributed by atoms with E-state index in [1.54, 1.807) is 6.07 Å². The fourth-order valence-electron chi connectivity index (χ4n) is 3.44. The highest BCUT2D eigenvalue weighted by molar-refractivity contribution is 7.93. The molecule has 0 bridgehead atoms. The zero-order chi connectivity index (χ0) is 15.7. The molecule has 0 unspecified atom stereocenters. The van der Waals surface area contributed by atoms with Crippen LogP contribution in [-0.2, 0) is 14.8 Å². The molecule has 1 heterocycles. The maximum absolute atomic E-state index is 12.2. The van der Waals surface area contributed by atoms with Crippen LogP contribution in [0, 0.1) is 0 Å². The number of anilines is 1. The summed E-state index contributed by atoms with van der Waals surface area (Å²) in [7, 11) is -1.90. The first-order valence-corrected chi connectivity index (χ1v) is 9.36. The first-order chi connectivity index (χ1) is 10.5. The summed E-state index contributed by atoms with van der Waals surface area (Å²) in [4.78, 5) is 11.9. The zero-order valence-corrected chi connectivity index (χ0v) is 13.6. The summed E-state index contributed by atoms with van der Waals surface area (Å²) in [6, 6.07) is 5.42. The van der Waals surface area contributed by atoms with Crippen LogP contribution >= 0.6 is 0 Å². The molecule has 1 aliphatic heterocycles. The lowest BCUT2D eigenvalue weighted by molar-refractivity contribution is 0.0600. The molecule has 1 saturated heterocycles. The molecule has 1 aliphatic carbocycles. The van der Waals surface area contributed by atoms with E-state index in [0.717, 1.165) is 18.4 Å². The molecule has 0 atom stereocenters. The highest BCUT2D eigenvalue weighted by atomic mass is 32.2. The monoisotopic (exact) mass is 323 g/mol. The second kappa shape index (κ2) is 5.91. The Morgan fingerprint density at radius 3 is 2.50 bits per heavy atom. The van der Waals surface area contributed by atoms with Gasteiger partial charge < -0.3 is 4.74 Å². The van der Waals surface area contributed by atoms with E-state index in [2.05, 4.69) is 0 Å². The Kier molecular flexibility index (Phi) is 4.12. The van der Waals surface area contributed by atoms with Crippen molar-refractivity contribution < 1.29 is 17.9 Å². The summed E-state index contributed by atoms with van der Waals surface area (Å²) in [5.74, 6) is 0.167. The molecule has 0 radical (unpaired) electrons. The number of carbonyl (C=O) groups excluding carboxylic acids is 1. The van der Waals surface area contributed by atoms with Crippen LogP contribution in [0.3, 0.4) is 0 Å². The van der Waals surface area contributed by atoms with Crippen molar-refractivity contribution in [2.75, 3.05) is 23.7 Å². The molecule has 2 aliphatic rings. The Balaban J connectivity index is 2.04. The van der Waals surface area contributed by atoms with Gasteiger partial charge in [0.05, 0.1) is 24.1 Å². The van der Waals surface area contributed by atoms with Crippen molar-refractivity contribution in [3.63, 3.8) is 0 Å². The molecule has 2 fully saturated rings. The number of esters is 1. The first-order valence-electron chi connectivity index (χ1n) is 7.75. The van der Waals surface area contributed by atoms with Gasteiger partial charge in [-0.05, 0) is 48.9 Å². The Bertz CT molecular complexity index is 677. The molecule has 5 nitrogen and oxygen atoms in total. The van der Waals surface area contributed by atoms with E-state index >= 15 is 0 Å². The van der Waals surface area contributed by atoms with E-state index in [0.29, 0.717) is 30.1 Å². The van der Waals surface area contributed by atoms with Gasteiger partial charge in [0.2, 0.25) is 10.0 Å². The fourth-order valence-corrected chi connectivity index (χ4v) is 4.99. The van der Waals surface area contributed by atoms with E-state index in [4.69, 9.17) is 4.74 Å².